The molecule has 1 amide bonds. The molecule has 0 radical (unpaired) electrons. The quantitative estimate of drug-likeness (QED) is 0.708. The molecule has 0 spiro atoms. The number of hydrogen-bond donors (Lipinski definition) is 1. The topological polar surface area (TPSA) is 64.4 Å². The zero-order valence-corrected chi connectivity index (χ0v) is 15.5. The smallest absolute Gasteiger partial charge is 0.224 e. The maximum atomic E-state index is 12.3. The summed E-state index contributed by atoms with van der Waals surface area (Å²) in [5.41, 5.74) is 3.82. The van der Waals surface area contributed by atoms with Gasteiger partial charge in [0.15, 0.2) is 0 Å². The van der Waals surface area contributed by atoms with E-state index < -0.39 is 0 Å². The molecule has 4 rings (SSSR count). The molecule has 0 unspecified atom stereocenters. The van der Waals surface area contributed by atoms with Gasteiger partial charge in [0.25, 0.3) is 0 Å². The van der Waals surface area contributed by atoms with E-state index in [0.717, 1.165) is 40.5 Å². The molecule has 1 fully saturated rings. The van der Waals surface area contributed by atoms with Crippen LogP contribution in [0.1, 0.15) is 42.4 Å². The van der Waals surface area contributed by atoms with Crippen molar-refractivity contribution < 1.29 is 13.9 Å². The van der Waals surface area contributed by atoms with Gasteiger partial charge >= 0.3 is 0 Å². The van der Waals surface area contributed by atoms with E-state index in [9.17, 15) is 4.79 Å². The number of aryl methyl sites for hydroxylation is 1. The highest BCUT2D eigenvalue weighted by Crippen LogP contribution is 2.24. The van der Waals surface area contributed by atoms with E-state index >= 15 is 0 Å². The van der Waals surface area contributed by atoms with Crippen molar-refractivity contribution >= 4 is 16.9 Å². The van der Waals surface area contributed by atoms with Gasteiger partial charge in [0.1, 0.15) is 11.7 Å². The number of hydrogen-bond acceptors (Lipinski definition) is 4. The highest BCUT2D eigenvalue weighted by atomic mass is 16.5. The van der Waals surface area contributed by atoms with Crippen molar-refractivity contribution in [1.82, 2.24) is 10.3 Å². The summed E-state index contributed by atoms with van der Waals surface area (Å²) >= 11 is 0. The first-order valence-electron chi connectivity index (χ1n) is 9.52. The number of pyridine rings is 1. The zero-order chi connectivity index (χ0) is 18.6. The standard InChI is InChI=1S/C22H24N2O3/c1-15-6-8-19-17(14-26-20(19)10-15)11-21(25)23-12-16-7-9-22(24-13-16)27-18-4-2-3-5-18/h6-10,13-14,18H,2-5,11-12H2,1H3,(H,23,25). The van der Waals surface area contributed by atoms with E-state index in [4.69, 9.17) is 9.15 Å². The van der Waals surface area contributed by atoms with Crippen LogP contribution in [0.2, 0.25) is 0 Å². The number of carbonyl (C=O) groups is 1. The maximum Gasteiger partial charge on any atom is 0.224 e. The normalized spacial score (nSPS) is 14.6. The average molecular weight is 364 g/mol. The summed E-state index contributed by atoms with van der Waals surface area (Å²) in [4.78, 5) is 16.7. The molecular weight excluding hydrogens is 340 g/mol. The monoisotopic (exact) mass is 364 g/mol. The fourth-order valence-electron chi connectivity index (χ4n) is 3.53. The highest BCUT2D eigenvalue weighted by Gasteiger charge is 2.17. The maximum absolute atomic E-state index is 12.3. The van der Waals surface area contributed by atoms with Crippen LogP contribution in [0.15, 0.2) is 47.2 Å². The Hall–Kier alpha value is -2.82. The van der Waals surface area contributed by atoms with Crippen LogP contribution in [0.5, 0.6) is 5.88 Å². The Morgan fingerprint density at radius 3 is 2.89 bits per heavy atom. The average Bonchev–Trinajstić information content (AvgIpc) is 3.31. The molecule has 1 aliphatic rings. The molecule has 0 bridgehead atoms. The second-order valence-corrected chi connectivity index (χ2v) is 7.24. The lowest BCUT2D eigenvalue weighted by Gasteiger charge is -2.12. The second kappa shape index (κ2) is 7.82. The predicted octanol–water partition coefficient (Wildman–Crippen LogP) is 4.32. The third-order valence-corrected chi connectivity index (χ3v) is 5.04. The van der Waals surface area contributed by atoms with Crippen LogP contribution >= 0.6 is 0 Å². The van der Waals surface area contributed by atoms with E-state index in [1.807, 2.05) is 37.3 Å². The summed E-state index contributed by atoms with van der Waals surface area (Å²) in [6, 6.07) is 9.85. The van der Waals surface area contributed by atoms with Crippen LogP contribution in [0, 0.1) is 6.92 Å². The molecule has 2 heterocycles. The van der Waals surface area contributed by atoms with Crippen molar-refractivity contribution in [2.45, 2.75) is 51.7 Å². The Morgan fingerprint density at radius 1 is 1.26 bits per heavy atom. The second-order valence-electron chi connectivity index (χ2n) is 7.24. The van der Waals surface area contributed by atoms with E-state index in [0.29, 0.717) is 24.9 Å². The lowest BCUT2D eigenvalue weighted by Crippen LogP contribution is -2.24. The number of nitrogens with zero attached hydrogens (tertiary/aromatic N) is 1. The number of aromatic nitrogens is 1. The highest BCUT2D eigenvalue weighted by molar-refractivity contribution is 5.87. The number of rotatable bonds is 6. The van der Waals surface area contributed by atoms with Gasteiger partial charge in [-0.2, -0.15) is 0 Å². The van der Waals surface area contributed by atoms with Crippen molar-refractivity contribution in [3.8, 4) is 5.88 Å². The summed E-state index contributed by atoms with van der Waals surface area (Å²) in [6.07, 6.45) is 8.73. The van der Waals surface area contributed by atoms with Gasteiger partial charge in [0.2, 0.25) is 11.8 Å². The number of furan rings is 1. The van der Waals surface area contributed by atoms with Gasteiger partial charge in [-0.1, -0.05) is 18.2 Å². The molecule has 1 aromatic carbocycles. The number of carbonyl (C=O) groups excluding carboxylic acids is 1. The van der Waals surface area contributed by atoms with Crippen molar-refractivity contribution in [1.29, 1.82) is 0 Å². The Bertz CT molecular complexity index is 924. The van der Waals surface area contributed by atoms with Crippen molar-refractivity contribution in [2.24, 2.45) is 0 Å². The lowest BCUT2D eigenvalue weighted by atomic mass is 10.1. The molecule has 1 N–H and O–H groups in total. The SMILES string of the molecule is Cc1ccc2c(CC(=O)NCc3ccc(OC4CCCC4)nc3)coc2c1. The number of nitrogens with one attached hydrogen (secondary N) is 1. The van der Waals surface area contributed by atoms with Crippen LogP contribution in [0.4, 0.5) is 0 Å². The minimum absolute atomic E-state index is 0.0374. The van der Waals surface area contributed by atoms with Crippen LogP contribution in [-0.4, -0.2) is 17.0 Å². The van der Waals surface area contributed by atoms with Crippen LogP contribution in [-0.2, 0) is 17.8 Å². The largest absolute Gasteiger partial charge is 0.474 e. The molecule has 2 aromatic heterocycles. The number of benzene rings is 1. The van der Waals surface area contributed by atoms with Crippen molar-refractivity contribution in [3.05, 3.63) is 59.5 Å². The first-order valence-corrected chi connectivity index (χ1v) is 9.52. The van der Waals surface area contributed by atoms with Gasteiger partial charge in [-0.25, -0.2) is 4.98 Å². The van der Waals surface area contributed by atoms with Crippen LogP contribution in [0.3, 0.4) is 0 Å². The van der Waals surface area contributed by atoms with Crippen LogP contribution < -0.4 is 10.1 Å². The van der Waals surface area contributed by atoms with Gasteiger partial charge < -0.3 is 14.5 Å². The van der Waals surface area contributed by atoms with Crippen molar-refractivity contribution in [3.63, 3.8) is 0 Å². The van der Waals surface area contributed by atoms with Gasteiger partial charge in [0, 0.05) is 29.8 Å². The first-order chi connectivity index (χ1) is 13.2. The van der Waals surface area contributed by atoms with E-state index in [2.05, 4.69) is 10.3 Å². The van der Waals surface area contributed by atoms with Crippen LogP contribution in [0.25, 0.3) is 11.0 Å². The molecule has 0 atom stereocenters. The van der Waals surface area contributed by atoms with Gasteiger partial charge in [0.05, 0.1) is 12.7 Å². The molecule has 140 valence electrons. The van der Waals surface area contributed by atoms with Crippen molar-refractivity contribution in [2.75, 3.05) is 0 Å². The third kappa shape index (κ3) is 4.30. The summed E-state index contributed by atoms with van der Waals surface area (Å²) in [5.74, 6) is 0.627. The minimum atomic E-state index is -0.0374. The van der Waals surface area contributed by atoms with E-state index in [-0.39, 0.29) is 5.91 Å². The Labute approximate surface area is 158 Å². The first kappa shape index (κ1) is 17.6. The fraction of sp³-hybridized carbons (Fsp3) is 0.364. The molecule has 5 heteroatoms. The van der Waals surface area contributed by atoms with Gasteiger partial charge in [-0.3, -0.25) is 4.79 Å². The Morgan fingerprint density at radius 2 is 2.11 bits per heavy atom. The third-order valence-electron chi connectivity index (χ3n) is 5.04. The summed E-state index contributed by atoms with van der Waals surface area (Å²) in [7, 11) is 0. The molecule has 0 aliphatic heterocycles. The Kier molecular flexibility index (Phi) is 5.10. The van der Waals surface area contributed by atoms with Gasteiger partial charge in [-0.05, 0) is 49.8 Å². The molecule has 0 saturated heterocycles. The Balaban J connectivity index is 1.30. The zero-order valence-electron chi connectivity index (χ0n) is 15.5. The van der Waals surface area contributed by atoms with E-state index in [1.165, 1.54) is 12.8 Å². The summed E-state index contributed by atoms with van der Waals surface area (Å²) < 4.78 is 11.4. The molecule has 3 aromatic rings. The predicted molar refractivity (Wildman–Crippen MR) is 104 cm³/mol. The summed E-state index contributed by atoms with van der Waals surface area (Å²) in [5, 5.41) is 3.94. The molecule has 1 aliphatic carbocycles. The lowest BCUT2D eigenvalue weighted by molar-refractivity contribution is -0.120. The molecule has 5 nitrogen and oxygen atoms in total. The van der Waals surface area contributed by atoms with E-state index in [1.54, 1.807) is 12.5 Å². The molecule has 1 saturated carbocycles. The summed E-state index contributed by atoms with van der Waals surface area (Å²) in [6.45, 7) is 2.47. The minimum Gasteiger partial charge on any atom is -0.474 e. The van der Waals surface area contributed by atoms with Gasteiger partial charge in [-0.15, -0.1) is 0 Å². The number of amides is 1. The fourth-order valence-corrected chi connectivity index (χ4v) is 3.53. The number of ether oxygens (including phenoxy) is 1. The molecular formula is C22H24N2O3. The number of fused-ring (bicyclic) bond motifs is 1. The molecule has 27 heavy (non-hydrogen) atoms.